The minimum absolute atomic E-state index is 0.869. The van der Waals surface area contributed by atoms with Crippen molar-refractivity contribution in [1.82, 2.24) is 13.7 Å². The highest BCUT2D eigenvalue weighted by atomic mass is 16.3. The Morgan fingerprint density at radius 2 is 0.656 bits per heavy atom. The number of aromatic nitrogens is 3. The van der Waals surface area contributed by atoms with Gasteiger partial charge in [0.1, 0.15) is 11.2 Å². The van der Waals surface area contributed by atoms with Gasteiger partial charge in [-0.15, -0.1) is 0 Å². The molecular formula is C60H37N3O. The third-order valence-corrected chi connectivity index (χ3v) is 13.4. The van der Waals surface area contributed by atoms with E-state index in [0.29, 0.717) is 0 Å². The number of rotatable bonds is 5. The summed E-state index contributed by atoms with van der Waals surface area (Å²) in [4.78, 5) is 0. The average molecular weight is 816 g/mol. The normalized spacial score (nSPS) is 12.1. The summed E-state index contributed by atoms with van der Waals surface area (Å²) in [7, 11) is 0. The quantitative estimate of drug-likeness (QED) is 0.170. The second kappa shape index (κ2) is 13.4. The lowest BCUT2D eigenvalue weighted by Crippen LogP contribution is -1.97. The van der Waals surface area contributed by atoms with Gasteiger partial charge in [-0.2, -0.15) is 0 Å². The van der Waals surface area contributed by atoms with Crippen molar-refractivity contribution in [3.63, 3.8) is 0 Å². The molecule has 0 aliphatic rings. The largest absolute Gasteiger partial charge is 0.456 e. The van der Waals surface area contributed by atoms with Crippen molar-refractivity contribution in [1.29, 1.82) is 0 Å². The van der Waals surface area contributed by atoms with Gasteiger partial charge in [-0.1, -0.05) is 146 Å². The van der Waals surface area contributed by atoms with Crippen LogP contribution in [0.4, 0.5) is 0 Å². The highest BCUT2D eigenvalue weighted by Crippen LogP contribution is 2.43. The Morgan fingerprint density at radius 3 is 1.22 bits per heavy atom. The first-order chi connectivity index (χ1) is 31.7. The molecule has 64 heavy (non-hydrogen) atoms. The van der Waals surface area contributed by atoms with E-state index in [0.717, 1.165) is 61.2 Å². The lowest BCUT2D eigenvalue weighted by molar-refractivity contribution is 0.669. The lowest BCUT2D eigenvalue weighted by Gasteiger charge is -2.14. The molecule has 0 bridgehead atoms. The summed E-state index contributed by atoms with van der Waals surface area (Å²) in [5.74, 6) is 0. The van der Waals surface area contributed by atoms with Crippen molar-refractivity contribution >= 4 is 87.4 Å². The molecular weight excluding hydrogens is 779 g/mol. The zero-order valence-corrected chi connectivity index (χ0v) is 34.6. The van der Waals surface area contributed by atoms with Crippen molar-refractivity contribution in [2.45, 2.75) is 0 Å². The molecule has 0 radical (unpaired) electrons. The van der Waals surface area contributed by atoms with E-state index in [1.165, 1.54) is 65.5 Å². The number of hydrogen-bond donors (Lipinski definition) is 0. The highest BCUT2D eigenvalue weighted by Gasteiger charge is 2.22. The molecule has 14 rings (SSSR count). The Hall–Kier alpha value is -8.60. The van der Waals surface area contributed by atoms with Crippen molar-refractivity contribution < 1.29 is 4.42 Å². The summed E-state index contributed by atoms with van der Waals surface area (Å²) < 4.78 is 14.0. The van der Waals surface area contributed by atoms with E-state index in [1.807, 2.05) is 0 Å². The molecule has 10 aromatic carbocycles. The fourth-order valence-corrected chi connectivity index (χ4v) is 10.6. The van der Waals surface area contributed by atoms with E-state index >= 15 is 0 Å². The van der Waals surface area contributed by atoms with Crippen molar-refractivity contribution in [3.05, 3.63) is 224 Å². The molecule has 4 aromatic heterocycles. The molecule has 0 fully saturated rings. The summed E-state index contributed by atoms with van der Waals surface area (Å²) in [6, 6.07) is 81.5. The minimum Gasteiger partial charge on any atom is -0.456 e. The van der Waals surface area contributed by atoms with Crippen LogP contribution in [0.15, 0.2) is 229 Å². The van der Waals surface area contributed by atoms with Gasteiger partial charge in [0.2, 0.25) is 0 Å². The molecule has 298 valence electrons. The topological polar surface area (TPSA) is 27.9 Å². The second-order valence-corrected chi connectivity index (χ2v) is 16.9. The first-order valence-electron chi connectivity index (χ1n) is 21.9. The van der Waals surface area contributed by atoms with E-state index in [4.69, 9.17) is 4.42 Å². The summed E-state index contributed by atoms with van der Waals surface area (Å²) in [5, 5.41) is 9.58. The first-order valence-corrected chi connectivity index (χ1v) is 21.9. The molecule has 0 saturated carbocycles. The lowest BCUT2D eigenvalue weighted by atomic mass is 9.98. The van der Waals surface area contributed by atoms with E-state index in [9.17, 15) is 0 Å². The van der Waals surface area contributed by atoms with Gasteiger partial charge in [-0.05, 0) is 101 Å². The predicted octanol–water partition coefficient (Wildman–Crippen LogP) is 16.2. The van der Waals surface area contributed by atoms with Crippen LogP contribution in [0.25, 0.3) is 127 Å². The van der Waals surface area contributed by atoms with Gasteiger partial charge in [-0.25, -0.2) is 0 Å². The summed E-state index contributed by atoms with van der Waals surface area (Å²) >= 11 is 0. The van der Waals surface area contributed by atoms with Gasteiger partial charge in [0.25, 0.3) is 0 Å². The number of furan rings is 1. The Morgan fingerprint density at radius 1 is 0.250 bits per heavy atom. The molecule has 0 aliphatic heterocycles. The Labute approximate surface area is 367 Å². The number of fused-ring (bicyclic) bond motifs is 12. The third kappa shape index (κ3) is 5.05. The van der Waals surface area contributed by atoms with Crippen LogP contribution < -0.4 is 0 Å². The van der Waals surface area contributed by atoms with Gasteiger partial charge in [0.15, 0.2) is 0 Å². The van der Waals surface area contributed by atoms with Crippen molar-refractivity contribution in [2.24, 2.45) is 0 Å². The van der Waals surface area contributed by atoms with Crippen LogP contribution in [0.2, 0.25) is 0 Å². The minimum atomic E-state index is 0.869. The maximum Gasteiger partial charge on any atom is 0.138 e. The Bertz CT molecular complexity index is 4130. The number of benzene rings is 10. The van der Waals surface area contributed by atoms with Crippen molar-refractivity contribution in [2.75, 3.05) is 0 Å². The molecule has 0 atom stereocenters. The maximum atomic E-state index is 6.68. The van der Waals surface area contributed by atoms with Gasteiger partial charge in [0, 0.05) is 49.1 Å². The number of nitrogens with zero attached hydrogens (tertiary/aromatic N) is 3. The van der Waals surface area contributed by atoms with Crippen LogP contribution in [-0.4, -0.2) is 13.7 Å². The van der Waals surface area contributed by atoms with Crippen LogP contribution in [0.5, 0.6) is 0 Å². The predicted molar refractivity (Wildman–Crippen MR) is 268 cm³/mol. The Kier molecular flexibility index (Phi) is 7.36. The molecule has 0 spiro atoms. The zero-order chi connectivity index (χ0) is 41.9. The summed E-state index contributed by atoms with van der Waals surface area (Å²) in [6.45, 7) is 0. The van der Waals surface area contributed by atoms with Crippen LogP contribution in [0.3, 0.4) is 0 Å². The van der Waals surface area contributed by atoms with Gasteiger partial charge in [-0.3, -0.25) is 0 Å². The summed E-state index contributed by atoms with van der Waals surface area (Å²) in [6.07, 6.45) is 0. The molecule has 4 heteroatoms. The van der Waals surface area contributed by atoms with E-state index in [1.54, 1.807) is 0 Å². The monoisotopic (exact) mass is 815 g/mol. The van der Waals surface area contributed by atoms with Crippen LogP contribution >= 0.6 is 0 Å². The zero-order valence-electron chi connectivity index (χ0n) is 34.6. The first kappa shape index (κ1) is 35.0. The van der Waals surface area contributed by atoms with Gasteiger partial charge in [0.05, 0.1) is 44.2 Å². The Balaban J connectivity index is 0.978. The van der Waals surface area contributed by atoms with Crippen LogP contribution in [0.1, 0.15) is 0 Å². The van der Waals surface area contributed by atoms with Crippen molar-refractivity contribution in [3.8, 4) is 39.3 Å². The molecule has 0 unspecified atom stereocenters. The molecule has 0 N–H and O–H groups in total. The molecule has 14 aromatic rings. The van der Waals surface area contributed by atoms with Gasteiger partial charge >= 0.3 is 0 Å². The smallest absolute Gasteiger partial charge is 0.138 e. The maximum absolute atomic E-state index is 6.68. The molecule has 4 nitrogen and oxygen atoms in total. The molecule has 4 heterocycles. The second-order valence-electron chi connectivity index (χ2n) is 16.9. The van der Waals surface area contributed by atoms with Crippen LogP contribution in [0, 0.1) is 0 Å². The van der Waals surface area contributed by atoms with E-state index in [2.05, 4.69) is 238 Å². The fourth-order valence-electron chi connectivity index (χ4n) is 10.6. The SMILES string of the molecule is c1ccc(-c2ccc(-c3cc(-n4c5ccccc5c5cc(-n6c7ccccc7c7cc(-n8c9ccccc9c9ccccc98)ccc76)ccc54)c4c(c3)oc3ccccc34)cc2)cc1. The van der Waals surface area contributed by atoms with Crippen LogP contribution in [-0.2, 0) is 0 Å². The molecule has 0 aliphatic carbocycles. The molecule has 0 amide bonds. The summed E-state index contributed by atoms with van der Waals surface area (Å²) in [5.41, 5.74) is 16.8. The molecule has 0 saturated heterocycles. The van der Waals surface area contributed by atoms with E-state index < -0.39 is 0 Å². The third-order valence-electron chi connectivity index (χ3n) is 13.4. The average Bonchev–Trinajstić information content (AvgIpc) is 4.10. The standard InChI is InChI=1S/C60H37N3O/c1-2-14-38(15-3-1)39-26-28-40(29-27-39)41-34-57(60-48-20-8-13-25-58(48)64-59(60)35-41)63-54-24-12-7-19-47(54)50-37-43(31-33-56(50)63)62-53-23-11-6-18-46(53)49-36-42(30-32-55(49)62)61-51-21-9-4-16-44(51)45-17-5-10-22-52(45)61/h1-37H. The number of para-hydroxylation sites is 5. The fraction of sp³-hybridized carbons (Fsp3) is 0. The highest BCUT2D eigenvalue weighted by molar-refractivity contribution is 6.17. The number of hydrogen-bond acceptors (Lipinski definition) is 1. The van der Waals surface area contributed by atoms with Gasteiger partial charge < -0.3 is 18.1 Å². The van der Waals surface area contributed by atoms with E-state index in [-0.39, 0.29) is 0 Å².